The Kier molecular flexibility index (Phi) is 4.54. The third-order valence-corrected chi connectivity index (χ3v) is 3.92. The predicted molar refractivity (Wildman–Crippen MR) is 75.8 cm³/mol. The summed E-state index contributed by atoms with van der Waals surface area (Å²) in [5.41, 5.74) is -1.05. The Bertz CT molecular complexity index is 922. The molecule has 2 aromatic rings. The summed E-state index contributed by atoms with van der Waals surface area (Å²) >= 11 is 0. The molecule has 0 aliphatic carbocycles. The van der Waals surface area contributed by atoms with Crippen LogP contribution in [0.15, 0.2) is 36.4 Å². The van der Waals surface area contributed by atoms with Crippen molar-refractivity contribution in [2.24, 2.45) is 0 Å². The molecule has 2 aromatic carbocycles. The molecule has 0 aromatic heterocycles. The molecule has 2 rings (SSSR count). The van der Waals surface area contributed by atoms with E-state index in [1.807, 2.05) is 0 Å². The molecule has 0 saturated carbocycles. The maximum absolute atomic E-state index is 13.0. The summed E-state index contributed by atoms with van der Waals surface area (Å²) in [5.74, 6) is -2.99. The Morgan fingerprint density at radius 3 is 2.08 bits per heavy atom. The Morgan fingerprint density at radius 1 is 1.12 bits per heavy atom. The lowest BCUT2D eigenvalue weighted by Crippen LogP contribution is -2.35. The number of rotatable bonds is 5. The highest BCUT2D eigenvalue weighted by Crippen LogP contribution is 2.24. The van der Waals surface area contributed by atoms with E-state index in [1.165, 1.54) is 0 Å². The zero-order chi connectivity index (χ0) is 18.1. The molecule has 0 aliphatic heterocycles. The van der Waals surface area contributed by atoms with Crippen molar-refractivity contribution in [2.75, 3.05) is 6.61 Å². The summed E-state index contributed by atoms with van der Waals surface area (Å²) < 4.78 is 61.3. The summed E-state index contributed by atoms with van der Waals surface area (Å²) in [6, 6.07) is 8.63. The topological polar surface area (TPSA) is 121 Å². The molecule has 0 unspecified atom stereocenters. The number of benzene rings is 2. The predicted octanol–water partition coefficient (Wildman–Crippen LogP) is 1.83. The molecular formula is C14H9F2O7S-. The number of aromatic carboxylic acids is 1. The molecule has 0 bridgehead atoms. The van der Waals surface area contributed by atoms with Crippen molar-refractivity contribution in [3.8, 4) is 0 Å². The molecule has 1 N–H and O–H groups in total. The minimum Gasteiger partial charge on any atom is -0.743 e. The summed E-state index contributed by atoms with van der Waals surface area (Å²) in [5, 5.41) is 5.24. The van der Waals surface area contributed by atoms with Crippen LogP contribution in [0.4, 0.5) is 8.78 Å². The highest BCUT2D eigenvalue weighted by atomic mass is 32.2. The number of ether oxygens (including phenoxy) is 1. The van der Waals surface area contributed by atoms with Gasteiger partial charge in [0, 0.05) is 0 Å². The van der Waals surface area contributed by atoms with Gasteiger partial charge in [0.05, 0.1) is 11.1 Å². The van der Waals surface area contributed by atoms with Gasteiger partial charge in [0.2, 0.25) is 0 Å². The number of esters is 1. The average molecular weight is 359 g/mol. The molecule has 0 aliphatic rings. The number of halogens is 2. The molecule has 0 atom stereocenters. The van der Waals surface area contributed by atoms with Crippen molar-refractivity contribution in [3.05, 3.63) is 47.5 Å². The maximum Gasteiger partial charge on any atom is 0.367 e. The first-order chi connectivity index (χ1) is 11.0. The second-order valence-corrected chi connectivity index (χ2v) is 6.22. The first kappa shape index (κ1) is 17.8. The van der Waals surface area contributed by atoms with Crippen molar-refractivity contribution in [3.63, 3.8) is 0 Å². The van der Waals surface area contributed by atoms with E-state index in [0.29, 0.717) is 10.8 Å². The molecule has 0 spiro atoms. The Hall–Kier alpha value is -2.59. The number of carbonyl (C=O) groups excluding carboxylic acids is 1. The number of carbonyl (C=O) groups is 2. The fraction of sp³-hybridized carbons (Fsp3) is 0.143. The minimum atomic E-state index is -6.02. The molecule has 0 fully saturated rings. The molecule has 0 radical (unpaired) electrons. The molecule has 0 heterocycles. The van der Waals surface area contributed by atoms with E-state index in [-0.39, 0.29) is 0 Å². The molecule has 10 heteroatoms. The van der Waals surface area contributed by atoms with Crippen molar-refractivity contribution >= 4 is 32.8 Å². The van der Waals surface area contributed by atoms with Crippen LogP contribution in [0.1, 0.15) is 20.7 Å². The zero-order valence-corrected chi connectivity index (χ0v) is 12.5. The Balaban J connectivity index is 2.38. The van der Waals surface area contributed by atoms with Crippen molar-refractivity contribution in [1.29, 1.82) is 0 Å². The van der Waals surface area contributed by atoms with Gasteiger partial charge in [-0.05, 0) is 22.9 Å². The summed E-state index contributed by atoms with van der Waals surface area (Å²) in [6.45, 7) is -2.01. The van der Waals surface area contributed by atoms with Gasteiger partial charge in [-0.1, -0.05) is 24.3 Å². The lowest BCUT2D eigenvalue weighted by Gasteiger charge is -2.19. The fourth-order valence-corrected chi connectivity index (χ4v) is 2.09. The highest BCUT2D eigenvalue weighted by molar-refractivity contribution is 7.86. The summed E-state index contributed by atoms with van der Waals surface area (Å²) in [6.07, 6.45) is 0. The second-order valence-electron chi connectivity index (χ2n) is 4.72. The van der Waals surface area contributed by atoms with Gasteiger partial charge in [-0.25, -0.2) is 18.0 Å². The van der Waals surface area contributed by atoms with E-state index in [0.717, 1.165) is 12.1 Å². The van der Waals surface area contributed by atoms with E-state index >= 15 is 0 Å². The van der Waals surface area contributed by atoms with Crippen LogP contribution in [0.5, 0.6) is 0 Å². The first-order valence-electron chi connectivity index (χ1n) is 6.29. The number of carboxylic acid groups (broad SMARTS) is 1. The average Bonchev–Trinajstić information content (AvgIpc) is 2.50. The van der Waals surface area contributed by atoms with E-state index in [9.17, 15) is 31.3 Å². The molecule has 0 saturated heterocycles. The van der Waals surface area contributed by atoms with Crippen molar-refractivity contribution in [2.45, 2.75) is 5.25 Å². The van der Waals surface area contributed by atoms with Crippen LogP contribution in [-0.4, -0.2) is 41.9 Å². The van der Waals surface area contributed by atoms with Crippen LogP contribution in [0.25, 0.3) is 10.8 Å². The smallest absolute Gasteiger partial charge is 0.367 e. The van der Waals surface area contributed by atoms with E-state index in [1.54, 1.807) is 24.3 Å². The van der Waals surface area contributed by atoms with Gasteiger partial charge in [-0.15, -0.1) is 0 Å². The van der Waals surface area contributed by atoms with Gasteiger partial charge in [-0.2, -0.15) is 8.78 Å². The van der Waals surface area contributed by atoms with Crippen LogP contribution in [0, 0.1) is 0 Å². The van der Waals surface area contributed by atoms with Gasteiger partial charge in [-0.3, -0.25) is 0 Å². The van der Waals surface area contributed by atoms with Crippen LogP contribution in [-0.2, 0) is 14.9 Å². The maximum atomic E-state index is 13.0. The van der Waals surface area contributed by atoms with Gasteiger partial charge >= 0.3 is 17.2 Å². The summed E-state index contributed by atoms with van der Waals surface area (Å²) in [7, 11) is -6.02. The zero-order valence-electron chi connectivity index (χ0n) is 11.7. The normalized spacial score (nSPS) is 12.1. The number of hydrogen-bond donors (Lipinski definition) is 1. The third kappa shape index (κ3) is 3.49. The van der Waals surface area contributed by atoms with Gasteiger partial charge in [0.1, 0.15) is 0 Å². The number of carboxylic acids is 1. The lowest BCUT2D eigenvalue weighted by atomic mass is 10.0. The van der Waals surface area contributed by atoms with Gasteiger partial charge < -0.3 is 14.4 Å². The standard InChI is InChI=1S/C14H10F2O7S/c15-14(16,24(20,21)22)7-23-13(19)11-6-9-4-2-1-3-8(9)5-10(11)12(17)18/h1-6H,7H2,(H,17,18)(H,20,21,22)/p-1. The molecule has 24 heavy (non-hydrogen) atoms. The first-order valence-corrected chi connectivity index (χ1v) is 7.70. The van der Waals surface area contributed by atoms with Gasteiger partial charge in [0.15, 0.2) is 16.7 Å². The quantitative estimate of drug-likeness (QED) is 0.638. The molecule has 7 nitrogen and oxygen atoms in total. The van der Waals surface area contributed by atoms with Crippen LogP contribution in [0.3, 0.4) is 0 Å². The Labute approximate surface area is 134 Å². The van der Waals surface area contributed by atoms with Crippen LogP contribution in [0.2, 0.25) is 0 Å². The molecular weight excluding hydrogens is 350 g/mol. The molecule has 0 amide bonds. The minimum absolute atomic E-state index is 0.442. The molecule has 128 valence electrons. The lowest BCUT2D eigenvalue weighted by molar-refractivity contribution is -0.0101. The third-order valence-electron chi connectivity index (χ3n) is 3.07. The van der Waals surface area contributed by atoms with Crippen LogP contribution < -0.4 is 0 Å². The second kappa shape index (κ2) is 6.13. The number of hydrogen-bond acceptors (Lipinski definition) is 6. The highest BCUT2D eigenvalue weighted by Gasteiger charge is 2.39. The number of alkyl halides is 2. The van der Waals surface area contributed by atoms with Crippen molar-refractivity contribution in [1.82, 2.24) is 0 Å². The van der Waals surface area contributed by atoms with E-state index in [4.69, 9.17) is 5.11 Å². The van der Waals surface area contributed by atoms with Crippen LogP contribution >= 0.6 is 0 Å². The number of fused-ring (bicyclic) bond motifs is 1. The van der Waals surface area contributed by atoms with E-state index in [2.05, 4.69) is 4.74 Å². The van der Waals surface area contributed by atoms with Gasteiger partial charge in [0.25, 0.3) is 0 Å². The van der Waals surface area contributed by atoms with Crippen molar-refractivity contribution < 1.29 is 41.2 Å². The van der Waals surface area contributed by atoms with E-state index < -0.39 is 45.0 Å². The summed E-state index contributed by atoms with van der Waals surface area (Å²) in [4.78, 5) is 23.1. The fourth-order valence-electron chi connectivity index (χ4n) is 1.89. The monoisotopic (exact) mass is 359 g/mol. The Morgan fingerprint density at radius 2 is 1.62 bits per heavy atom. The largest absolute Gasteiger partial charge is 0.743 e. The SMILES string of the molecule is O=C(O)c1cc2ccccc2cc1C(=O)OCC(F)(F)S(=O)(=O)[O-].